The van der Waals surface area contributed by atoms with Gasteiger partial charge in [0, 0.05) is 42.5 Å². The first kappa shape index (κ1) is 17.4. The molecule has 0 saturated carbocycles. The molecular formula is C21H23ClN2O2. The van der Waals surface area contributed by atoms with E-state index in [0.717, 1.165) is 55.5 Å². The number of aryl methyl sites for hydroxylation is 1. The maximum Gasteiger partial charge on any atom is 0.227 e. The first-order valence-corrected chi connectivity index (χ1v) is 9.59. The van der Waals surface area contributed by atoms with E-state index in [1.54, 1.807) is 0 Å². The molecule has 0 unspecified atom stereocenters. The summed E-state index contributed by atoms with van der Waals surface area (Å²) in [5.74, 6) is 0.169. The zero-order valence-corrected chi connectivity index (χ0v) is 15.5. The molecular weight excluding hydrogens is 348 g/mol. The number of carbonyl (C=O) groups excluding carboxylic acids is 1. The van der Waals surface area contributed by atoms with Crippen molar-refractivity contribution < 1.29 is 9.53 Å². The molecule has 0 aliphatic carbocycles. The van der Waals surface area contributed by atoms with E-state index in [2.05, 4.69) is 23.1 Å². The number of carbonyl (C=O) groups is 1. The van der Waals surface area contributed by atoms with Crippen LogP contribution in [0.5, 0.6) is 0 Å². The van der Waals surface area contributed by atoms with E-state index in [0.29, 0.717) is 12.8 Å². The molecule has 4 rings (SSSR count). The van der Waals surface area contributed by atoms with Crippen molar-refractivity contribution in [1.29, 1.82) is 0 Å². The van der Waals surface area contributed by atoms with Gasteiger partial charge in [0.2, 0.25) is 5.91 Å². The van der Waals surface area contributed by atoms with Crippen LogP contribution in [0.1, 0.15) is 17.5 Å². The van der Waals surface area contributed by atoms with E-state index in [1.165, 1.54) is 11.3 Å². The van der Waals surface area contributed by atoms with E-state index >= 15 is 0 Å². The summed E-state index contributed by atoms with van der Waals surface area (Å²) in [7, 11) is 0. The van der Waals surface area contributed by atoms with Gasteiger partial charge in [0.1, 0.15) is 0 Å². The molecule has 0 N–H and O–H groups in total. The number of hydrogen-bond donors (Lipinski definition) is 0. The number of amides is 1. The van der Waals surface area contributed by atoms with Crippen molar-refractivity contribution in [2.75, 3.05) is 42.6 Å². The Bertz CT molecular complexity index is 802. The molecule has 2 aromatic rings. The van der Waals surface area contributed by atoms with Crippen LogP contribution in [0.3, 0.4) is 0 Å². The Morgan fingerprint density at radius 3 is 2.69 bits per heavy atom. The quantitative estimate of drug-likeness (QED) is 0.822. The predicted molar refractivity (Wildman–Crippen MR) is 105 cm³/mol. The summed E-state index contributed by atoms with van der Waals surface area (Å²) in [5, 5.41) is 0.734. The van der Waals surface area contributed by atoms with Gasteiger partial charge in [-0.3, -0.25) is 4.79 Å². The molecule has 0 spiro atoms. The molecule has 1 amide bonds. The van der Waals surface area contributed by atoms with Crippen LogP contribution < -0.4 is 9.80 Å². The molecule has 0 bridgehead atoms. The minimum atomic E-state index is 0.169. The van der Waals surface area contributed by atoms with Gasteiger partial charge in [-0.15, -0.1) is 0 Å². The lowest BCUT2D eigenvalue weighted by Gasteiger charge is -2.29. The number of ether oxygens (including phenoxy) is 1. The molecule has 1 fully saturated rings. The zero-order chi connectivity index (χ0) is 17.9. The fourth-order valence-electron chi connectivity index (χ4n) is 3.74. The lowest BCUT2D eigenvalue weighted by Crippen LogP contribution is -2.36. The fraction of sp³-hybridized carbons (Fsp3) is 0.381. The summed E-state index contributed by atoms with van der Waals surface area (Å²) in [4.78, 5) is 17.0. The summed E-state index contributed by atoms with van der Waals surface area (Å²) >= 11 is 6.20. The first-order chi connectivity index (χ1) is 12.7. The van der Waals surface area contributed by atoms with Gasteiger partial charge in [0.25, 0.3) is 0 Å². The van der Waals surface area contributed by atoms with Gasteiger partial charge in [-0.05, 0) is 48.2 Å². The van der Waals surface area contributed by atoms with Crippen LogP contribution in [0.15, 0.2) is 42.5 Å². The molecule has 5 heteroatoms. The number of nitrogens with zero attached hydrogens (tertiary/aromatic N) is 2. The van der Waals surface area contributed by atoms with Crippen LogP contribution in [0.4, 0.5) is 11.4 Å². The summed E-state index contributed by atoms with van der Waals surface area (Å²) in [6.07, 6.45) is 2.08. The van der Waals surface area contributed by atoms with Crippen LogP contribution in [-0.4, -0.2) is 38.8 Å². The third-order valence-corrected chi connectivity index (χ3v) is 5.57. The number of fused-ring (bicyclic) bond motifs is 1. The van der Waals surface area contributed by atoms with Gasteiger partial charge in [0.05, 0.1) is 13.2 Å². The minimum absolute atomic E-state index is 0.169. The average Bonchev–Trinajstić information content (AvgIpc) is 3.11. The van der Waals surface area contributed by atoms with Gasteiger partial charge < -0.3 is 14.5 Å². The number of halogens is 1. The van der Waals surface area contributed by atoms with Gasteiger partial charge in [-0.25, -0.2) is 0 Å². The maximum atomic E-state index is 12.7. The Kier molecular flexibility index (Phi) is 5.14. The Hall–Kier alpha value is -2.04. The monoisotopic (exact) mass is 370 g/mol. The summed E-state index contributed by atoms with van der Waals surface area (Å²) in [6, 6.07) is 14.2. The highest BCUT2D eigenvalue weighted by Gasteiger charge is 2.25. The zero-order valence-electron chi connectivity index (χ0n) is 14.8. The van der Waals surface area contributed by atoms with Crippen LogP contribution in [0.25, 0.3) is 0 Å². The Labute approximate surface area is 159 Å². The third kappa shape index (κ3) is 3.57. The molecule has 26 heavy (non-hydrogen) atoms. The topological polar surface area (TPSA) is 32.8 Å². The predicted octanol–water partition coefficient (Wildman–Crippen LogP) is 3.70. The largest absolute Gasteiger partial charge is 0.378 e. The second-order valence-electron chi connectivity index (χ2n) is 6.80. The molecule has 2 heterocycles. The molecule has 0 atom stereocenters. The van der Waals surface area contributed by atoms with E-state index in [-0.39, 0.29) is 5.91 Å². The molecule has 4 nitrogen and oxygen atoms in total. The van der Waals surface area contributed by atoms with Crippen molar-refractivity contribution in [3.05, 3.63) is 58.6 Å². The molecule has 0 radical (unpaired) electrons. The minimum Gasteiger partial charge on any atom is -0.378 e. The highest BCUT2D eigenvalue weighted by atomic mass is 35.5. The molecule has 2 aliphatic heterocycles. The van der Waals surface area contributed by atoms with Gasteiger partial charge in [-0.2, -0.15) is 0 Å². The van der Waals surface area contributed by atoms with Gasteiger partial charge in [0.15, 0.2) is 0 Å². The standard InChI is InChI=1S/C21H23ClN2O2/c22-19-4-2-1-3-16(19)5-8-21(25)24-10-9-17-15-18(6-7-20(17)24)23-11-13-26-14-12-23/h1-4,6-7,15H,5,8-14H2. The number of anilines is 2. The number of morpholine rings is 1. The average molecular weight is 371 g/mol. The highest BCUT2D eigenvalue weighted by Crippen LogP contribution is 2.32. The van der Waals surface area contributed by atoms with E-state index in [4.69, 9.17) is 16.3 Å². The highest BCUT2D eigenvalue weighted by molar-refractivity contribution is 6.31. The van der Waals surface area contributed by atoms with E-state index in [9.17, 15) is 4.79 Å². The van der Waals surface area contributed by atoms with Crippen LogP contribution in [0.2, 0.25) is 5.02 Å². The van der Waals surface area contributed by atoms with Crippen LogP contribution in [0, 0.1) is 0 Å². The lowest BCUT2D eigenvalue weighted by atomic mass is 10.1. The summed E-state index contributed by atoms with van der Waals surface area (Å²) in [5.41, 5.74) is 4.59. The summed E-state index contributed by atoms with van der Waals surface area (Å²) < 4.78 is 5.43. The van der Waals surface area contributed by atoms with Gasteiger partial charge in [-0.1, -0.05) is 29.8 Å². The van der Waals surface area contributed by atoms with Crippen molar-refractivity contribution in [3.8, 4) is 0 Å². The fourth-order valence-corrected chi connectivity index (χ4v) is 3.97. The maximum absolute atomic E-state index is 12.7. The van der Waals surface area contributed by atoms with Gasteiger partial charge >= 0.3 is 0 Å². The summed E-state index contributed by atoms with van der Waals surface area (Å²) in [6.45, 7) is 4.19. The first-order valence-electron chi connectivity index (χ1n) is 9.22. The number of hydrogen-bond acceptors (Lipinski definition) is 3. The van der Waals surface area contributed by atoms with Crippen LogP contribution in [-0.2, 0) is 22.4 Å². The van der Waals surface area contributed by atoms with Crippen molar-refractivity contribution in [3.63, 3.8) is 0 Å². The molecule has 2 aromatic carbocycles. The van der Waals surface area contributed by atoms with Crippen molar-refractivity contribution in [1.82, 2.24) is 0 Å². The van der Waals surface area contributed by atoms with E-state index in [1.807, 2.05) is 29.2 Å². The molecule has 136 valence electrons. The number of benzene rings is 2. The van der Waals surface area contributed by atoms with Crippen LogP contribution >= 0.6 is 11.6 Å². The molecule has 2 aliphatic rings. The second-order valence-corrected chi connectivity index (χ2v) is 7.21. The van der Waals surface area contributed by atoms with E-state index < -0.39 is 0 Å². The Morgan fingerprint density at radius 2 is 1.88 bits per heavy atom. The number of rotatable bonds is 4. The third-order valence-electron chi connectivity index (χ3n) is 5.20. The van der Waals surface area contributed by atoms with Crippen molar-refractivity contribution >= 4 is 28.9 Å². The Balaban J connectivity index is 1.43. The molecule has 0 aromatic heterocycles. The second kappa shape index (κ2) is 7.68. The Morgan fingerprint density at radius 1 is 1.08 bits per heavy atom. The SMILES string of the molecule is O=C(CCc1ccccc1Cl)N1CCc2cc(N3CCOCC3)ccc21. The normalized spacial score (nSPS) is 16.7. The van der Waals surface area contributed by atoms with Crippen molar-refractivity contribution in [2.24, 2.45) is 0 Å². The smallest absolute Gasteiger partial charge is 0.227 e. The lowest BCUT2D eigenvalue weighted by molar-refractivity contribution is -0.118. The van der Waals surface area contributed by atoms with Crippen molar-refractivity contribution in [2.45, 2.75) is 19.3 Å². The molecule has 1 saturated heterocycles.